The summed E-state index contributed by atoms with van der Waals surface area (Å²) < 4.78 is 67.5. The molecule has 15 heteroatoms. The first-order valence-electron chi connectivity index (χ1n) is 10.0. The fraction of sp³-hybridized carbons (Fsp3) is 0.368. The molecule has 0 unspecified atom stereocenters. The lowest BCUT2D eigenvalue weighted by atomic mass is 9.95. The predicted octanol–water partition coefficient (Wildman–Crippen LogP) is 2.56. The Kier molecular flexibility index (Phi) is 6.35. The molecule has 1 fully saturated rings. The first-order valence-corrected chi connectivity index (χ1v) is 12.4. The number of aromatic nitrogens is 4. The van der Waals surface area contributed by atoms with Crippen LogP contribution in [0, 0.1) is 5.92 Å². The summed E-state index contributed by atoms with van der Waals surface area (Å²) in [5.41, 5.74) is 3.90. The van der Waals surface area contributed by atoms with Crippen LogP contribution < -0.4 is 11.1 Å². The first-order chi connectivity index (χ1) is 16.0. The van der Waals surface area contributed by atoms with Crippen molar-refractivity contribution < 1.29 is 26.4 Å². The van der Waals surface area contributed by atoms with Gasteiger partial charge in [0.25, 0.3) is 10.0 Å². The van der Waals surface area contributed by atoms with Crippen molar-refractivity contribution >= 4 is 33.2 Å². The lowest BCUT2D eigenvalue weighted by Crippen LogP contribution is -2.47. The summed E-state index contributed by atoms with van der Waals surface area (Å²) in [5.74, 6) is -0.975. The molecule has 0 aliphatic carbocycles. The van der Waals surface area contributed by atoms with Gasteiger partial charge in [-0.2, -0.15) is 17.5 Å². The Bertz CT molecular complexity index is 1290. The second kappa shape index (κ2) is 8.96. The van der Waals surface area contributed by atoms with Crippen LogP contribution in [0.1, 0.15) is 29.3 Å². The van der Waals surface area contributed by atoms with Gasteiger partial charge in [0.05, 0.1) is 28.7 Å². The summed E-state index contributed by atoms with van der Waals surface area (Å²) in [6.07, 6.45) is -1.11. The molecule has 0 radical (unpaired) electrons. The number of aromatic amines is 1. The Morgan fingerprint density at radius 3 is 2.71 bits per heavy atom. The minimum absolute atomic E-state index is 0.00639. The zero-order valence-electron chi connectivity index (χ0n) is 17.7. The first kappa shape index (κ1) is 24.1. The number of amides is 1. The van der Waals surface area contributed by atoms with Crippen LogP contribution in [0.3, 0.4) is 0 Å². The minimum Gasteiger partial charge on any atom is -0.366 e. The quantitative estimate of drug-likeness (QED) is 0.457. The van der Waals surface area contributed by atoms with Gasteiger partial charge >= 0.3 is 6.18 Å². The van der Waals surface area contributed by atoms with Gasteiger partial charge in [-0.1, -0.05) is 6.92 Å². The number of sulfonamides is 1. The lowest BCUT2D eigenvalue weighted by molar-refractivity contribution is -0.137. The van der Waals surface area contributed by atoms with Gasteiger partial charge < -0.3 is 16.0 Å². The van der Waals surface area contributed by atoms with Crippen molar-refractivity contribution in [3.05, 3.63) is 41.3 Å². The van der Waals surface area contributed by atoms with Crippen molar-refractivity contribution in [2.24, 2.45) is 11.7 Å². The fourth-order valence-electron chi connectivity index (χ4n) is 3.67. The number of alkyl halides is 3. The molecule has 1 saturated heterocycles. The third-order valence-electron chi connectivity index (χ3n) is 5.48. The number of nitrogens with zero attached hydrogens (tertiary/aromatic N) is 4. The standard InChI is InChI=1S/C19H20F3N7O3S2/c1-10-7-29(34(31,32)15-6-24-9-26-15)3-2-13(10)27-18-25-5-12(19(20,21)22)16(28-18)14-4-11(8-33-14)17(23)30/h4-6,8-10,13H,2-3,7H2,1H3,(H2,23,30)(H,24,26)(H,25,27,28)/t10-,13+/m1/s1. The Balaban J connectivity index is 1.56. The number of anilines is 1. The second-order valence-corrected chi connectivity index (χ2v) is 10.6. The van der Waals surface area contributed by atoms with E-state index in [0.29, 0.717) is 12.6 Å². The molecule has 1 amide bonds. The number of hydrogen-bond donors (Lipinski definition) is 3. The maximum Gasteiger partial charge on any atom is 0.420 e. The third kappa shape index (κ3) is 4.76. The number of imidazole rings is 1. The number of halogens is 3. The molecule has 3 aromatic rings. The van der Waals surface area contributed by atoms with E-state index in [0.717, 1.165) is 11.3 Å². The number of rotatable bonds is 6. The summed E-state index contributed by atoms with van der Waals surface area (Å²) in [4.78, 5) is 25.8. The summed E-state index contributed by atoms with van der Waals surface area (Å²) in [5, 5.41) is 4.40. The number of piperidine rings is 1. The second-order valence-electron chi connectivity index (χ2n) is 7.81. The van der Waals surface area contributed by atoms with Crippen molar-refractivity contribution in [1.82, 2.24) is 24.2 Å². The summed E-state index contributed by atoms with van der Waals surface area (Å²) in [7, 11) is -3.72. The van der Waals surface area contributed by atoms with Crippen LogP contribution in [0.4, 0.5) is 19.1 Å². The monoisotopic (exact) mass is 515 g/mol. The van der Waals surface area contributed by atoms with Gasteiger partial charge in [0.1, 0.15) is 5.56 Å². The molecule has 4 rings (SSSR count). The van der Waals surface area contributed by atoms with Crippen molar-refractivity contribution in [2.75, 3.05) is 18.4 Å². The maximum atomic E-state index is 13.6. The smallest absolute Gasteiger partial charge is 0.366 e. The number of hydrogen-bond acceptors (Lipinski definition) is 8. The van der Waals surface area contributed by atoms with E-state index in [2.05, 4.69) is 25.3 Å². The molecular formula is C19H20F3N7O3S2. The number of primary amides is 1. The van der Waals surface area contributed by atoms with E-state index in [1.165, 1.54) is 28.3 Å². The van der Waals surface area contributed by atoms with Gasteiger partial charge in [-0.15, -0.1) is 11.3 Å². The molecule has 3 aromatic heterocycles. The molecule has 0 bridgehead atoms. The molecule has 0 aromatic carbocycles. The van der Waals surface area contributed by atoms with Gasteiger partial charge in [-0.25, -0.2) is 23.4 Å². The molecule has 4 heterocycles. The molecule has 0 spiro atoms. The van der Waals surface area contributed by atoms with E-state index in [9.17, 15) is 26.4 Å². The summed E-state index contributed by atoms with van der Waals surface area (Å²) in [6.45, 7) is 2.22. The van der Waals surface area contributed by atoms with Gasteiger partial charge in [-0.3, -0.25) is 4.79 Å². The maximum absolute atomic E-state index is 13.6. The van der Waals surface area contributed by atoms with E-state index in [4.69, 9.17) is 5.73 Å². The molecule has 4 N–H and O–H groups in total. The predicted molar refractivity (Wildman–Crippen MR) is 117 cm³/mol. The number of carbonyl (C=O) groups is 1. The Hall–Kier alpha value is -3.04. The molecule has 0 saturated carbocycles. The zero-order valence-corrected chi connectivity index (χ0v) is 19.3. The Morgan fingerprint density at radius 1 is 1.35 bits per heavy atom. The molecule has 182 valence electrons. The average molecular weight is 516 g/mol. The number of H-pyrrole nitrogens is 1. The van der Waals surface area contributed by atoms with Crippen molar-refractivity contribution in [1.29, 1.82) is 0 Å². The van der Waals surface area contributed by atoms with Crippen LogP contribution in [0.25, 0.3) is 10.6 Å². The molecule has 1 aliphatic rings. The van der Waals surface area contributed by atoms with Gasteiger partial charge in [-0.05, 0) is 18.4 Å². The van der Waals surface area contributed by atoms with E-state index in [1.807, 2.05) is 6.92 Å². The Labute approximate surface area is 196 Å². The number of thiophene rings is 1. The van der Waals surface area contributed by atoms with Crippen molar-refractivity contribution in [3.8, 4) is 10.6 Å². The SMILES string of the molecule is C[C@@H]1CN(S(=O)(=O)c2cnc[nH]2)CC[C@@H]1Nc1ncc(C(F)(F)F)c(-c2cc(C(N)=O)cs2)n1. The number of nitrogens with two attached hydrogens (primary N) is 1. The summed E-state index contributed by atoms with van der Waals surface area (Å²) in [6, 6.07) is 0.984. The summed E-state index contributed by atoms with van der Waals surface area (Å²) >= 11 is 0.918. The van der Waals surface area contributed by atoms with Crippen molar-refractivity contribution in [3.63, 3.8) is 0 Å². The molecule has 1 aliphatic heterocycles. The van der Waals surface area contributed by atoms with E-state index >= 15 is 0 Å². The molecule has 10 nitrogen and oxygen atoms in total. The average Bonchev–Trinajstić information content (AvgIpc) is 3.47. The van der Waals surface area contributed by atoms with Crippen LogP contribution in [-0.4, -0.2) is 57.7 Å². The van der Waals surface area contributed by atoms with E-state index in [-0.39, 0.29) is 52.2 Å². The highest BCUT2D eigenvalue weighted by Crippen LogP contribution is 2.38. The van der Waals surface area contributed by atoms with Gasteiger partial charge in [0, 0.05) is 30.7 Å². The van der Waals surface area contributed by atoms with Crippen LogP contribution >= 0.6 is 11.3 Å². The Morgan fingerprint density at radius 2 is 2.12 bits per heavy atom. The number of nitrogens with one attached hydrogen (secondary N) is 2. The fourth-order valence-corrected chi connectivity index (χ4v) is 6.02. The highest BCUT2D eigenvalue weighted by molar-refractivity contribution is 7.89. The highest BCUT2D eigenvalue weighted by Gasteiger charge is 2.37. The van der Waals surface area contributed by atoms with Crippen LogP contribution in [-0.2, 0) is 16.2 Å². The van der Waals surface area contributed by atoms with E-state index < -0.39 is 27.7 Å². The molecule has 34 heavy (non-hydrogen) atoms. The molecular weight excluding hydrogens is 495 g/mol. The zero-order chi connectivity index (χ0) is 24.7. The minimum atomic E-state index is -4.70. The van der Waals surface area contributed by atoms with Gasteiger partial charge in [0.2, 0.25) is 11.9 Å². The number of carbonyl (C=O) groups excluding carboxylic acids is 1. The molecule has 2 atom stereocenters. The topological polar surface area (TPSA) is 147 Å². The normalized spacial score (nSPS) is 19.8. The highest BCUT2D eigenvalue weighted by atomic mass is 32.2. The van der Waals surface area contributed by atoms with E-state index in [1.54, 1.807) is 0 Å². The van der Waals surface area contributed by atoms with Gasteiger partial charge in [0.15, 0.2) is 5.03 Å². The van der Waals surface area contributed by atoms with Crippen molar-refractivity contribution in [2.45, 2.75) is 30.6 Å². The third-order valence-corrected chi connectivity index (χ3v) is 8.21. The lowest BCUT2D eigenvalue weighted by Gasteiger charge is -2.36. The van der Waals surface area contributed by atoms with Crippen LogP contribution in [0.5, 0.6) is 0 Å². The van der Waals surface area contributed by atoms with Crippen LogP contribution in [0.15, 0.2) is 35.2 Å². The van der Waals surface area contributed by atoms with Crippen LogP contribution in [0.2, 0.25) is 0 Å². The largest absolute Gasteiger partial charge is 0.420 e.